The maximum atomic E-state index is 15.5. The van der Waals surface area contributed by atoms with Crippen molar-refractivity contribution in [2.45, 2.75) is 38.6 Å². The SMILES string of the molecule is CCCCC(Cc1c[nH]c2ccccc12)NC(=O)c1cc2ccc(N3CCN(C)CC3)c(F)c2s1. The van der Waals surface area contributed by atoms with Crippen molar-refractivity contribution in [1.82, 2.24) is 15.2 Å². The number of nitrogens with one attached hydrogen (secondary N) is 2. The van der Waals surface area contributed by atoms with E-state index in [0.717, 1.165) is 62.8 Å². The Bertz CT molecular complexity index is 1320. The quantitative estimate of drug-likeness (QED) is 0.327. The van der Waals surface area contributed by atoms with E-state index in [1.54, 1.807) is 0 Å². The highest BCUT2D eigenvalue weighted by atomic mass is 32.1. The number of likely N-dealkylation sites (N-methyl/N-ethyl adjacent to an activating group) is 1. The molecular formula is C28H33FN4OS. The highest BCUT2D eigenvalue weighted by Gasteiger charge is 2.22. The van der Waals surface area contributed by atoms with Gasteiger partial charge in [0.05, 0.1) is 15.3 Å². The molecule has 4 aromatic rings. The molecule has 0 radical (unpaired) electrons. The van der Waals surface area contributed by atoms with E-state index in [1.807, 2.05) is 36.5 Å². The molecule has 1 amide bonds. The minimum Gasteiger partial charge on any atom is -0.367 e. The van der Waals surface area contributed by atoms with Crippen LogP contribution in [0.3, 0.4) is 0 Å². The number of nitrogens with zero attached hydrogens (tertiary/aromatic N) is 2. The summed E-state index contributed by atoms with van der Waals surface area (Å²) in [5.74, 6) is -0.329. The summed E-state index contributed by atoms with van der Waals surface area (Å²) in [6, 6.07) is 13.9. The van der Waals surface area contributed by atoms with Crippen LogP contribution in [0.15, 0.2) is 48.7 Å². The van der Waals surface area contributed by atoms with Crippen LogP contribution < -0.4 is 10.2 Å². The molecule has 5 nitrogen and oxygen atoms in total. The van der Waals surface area contributed by atoms with Crippen LogP contribution in [0.25, 0.3) is 21.0 Å². The predicted octanol–water partition coefficient (Wildman–Crippen LogP) is 5.80. The lowest BCUT2D eigenvalue weighted by Crippen LogP contribution is -2.44. The molecule has 184 valence electrons. The zero-order chi connectivity index (χ0) is 24.4. The summed E-state index contributed by atoms with van der Waals surface area (Å²) in [4.78, 5) is 21.5. The molecule has 2 N–H and O–H groups in total. The second-order valence-electron chi connectivity index (χ2n) is 9.59. The number of aromatic amines is 1. The molecular weight excluding hydrogens is 459 g/mol. The largest absolute Gasteiger partial charge is 0.367 e. The van der Waals surface area contributed by atoms with E-state index < -0.39 is 0 Å². The van der Waals surface area contributed by atoms with E-state index in [1.165, 1.54) is 22.3 Å². The monoisotopic (exact) mass is 492 g/mol. The number of piperazine rings is 1. The molecule has 1 aliphatic rings. The number of rotatable bonds is 8. The van der Waals surface area contributed by atoms with Crippen LogP contribution in [-0.4, -0.2) is 55.1 Å². The van der Waals surface area contributed by atoms with Gasteiger partial charge in [0.2, 0.25) is 0 Å². The molecule has 7 heteroatoms. The van der Waals surface area contributed by atoms with Crippen molar-refractivity contribution in [3.63, 3.8) is 0 Å². The van der Waals surface area contributed by atoms with E-state index in [4.69, 9.17) is 0 Å². The third-order valence-corrected chi connectivity index (χ3v) is 8.20. The average Bonchev–Trinajstić information content (AvgIpc) is 3.49. The second-order valence-corrected chi connectivity index (χ2v) is 10.6. The normalized spacial score (nSPS) is 15.7. The van der Waals surface area contributed by atoms with E-state index in [-0.39, 0.29) is 17.8 Å². The van der Waals surface area contributed by atoms with Gasteiger partial charge in [0.15, 0.2) is 5.82 Å². The van der Waals surface area contributed by atoms with Gasteiger partial charge in [0.25, 0.3) is 5.91 Å². The van der Waals surface area contributed by atoms with Crippen molar-refractivity contribution in [3.05, 3.63) is 64.9 Å². The van der Waals surface area contributed by atoms with Crippen LogP contribution in [0.1, 0.15) is 41.4 Å². The van der Waals surface area contributed by atoms with Crippen LogP contribution in [0.4, 0.5) is 10.1 Å². The molecule has 0 aliphatic carbocycles. The number of aromatic nitrogens is 1. The van der Waals surface area contributed by atoms with Crippen LogP contribution >= 0.6 is 11.3 Å². The number of amides is 1. The average molecular weight is 493 g/mol. The Hall–Kier alpha value is -2.90. The minimum absolute atomic E-state index is 0.0256. The highest BCUT2D eigenvalue weighted by molar-refractivity contribution is 7.20. The number of carbonyl (C=O) groups excluding carboxylic acids is 1. The van der Waals surface area contributed by atoms with Gasteiger partial charge < -0.3 is 20.1 Å². The fraction of sp³-hybridized carbons (Fsp3) is 0.393. The van der Waals surface area contributed by atoms with Crippen LogP contribution in [0.5, 0.6) is 0 Å². The standard InChI is InChI=1S/C28H33FN4OS/c1-3-4-7-21(16-20-18-30-23-9-6-5-8-22(20)23)31-28(34)25-17-19-10-11-24(26(29)27(19)35-25)33-14-12-32(2)13-15-33/h5-6,8-11,17-18,21,30H,3-4,7,12-16H2,1-2H3,(H,31,34). The van der Waals surface area contributed by atoms with Crippen molar-refractivity contribution in [2.75, 3.05) is 38.1 Å². The third-order valence-electron chi connectivity index (χ3n) is 7.06. The van der Waals surface area contributed by atoms with Crippen molar-refractivity contribution in [2.24, 2.45) is 0 Å². The number of benzene rings is 2. The number of carbonyl (C=O) groups is 1. The summed E-state index contributed by atoms with van der Waals surface area (Å²) < 4.78 is 16.0. The van der Waals surface area contributed by atoms with Gasteiger partial charge in [-0.1, -0.05) is 44.0 Å². The molecule has 1 atom stereocenters. The summed E-state index contributed by atoms with van der Waals surface area (Å²) in [6.45, 7) is 5.63. The molecule has 2 aromatic heterocycles. The Morgan fingerprint density at radius 1 is 1.17 bits per heavy atom. The molecule has 0 spiro atoms. The lowest BCUT2D eigenvalue weighted by atomic mass is 10.0. The summed E-state index contributed by atoms with van der Waals surface area (Å²) in [7, 11) is 2.09. The van der Waals surface area contributed by atoms with Gasteiger partial charge in [-0.05, 0) is 49.0 Å². The first-order valence-corrected chi connectivity index (χ1v) is 13.4. The topological polar surface area (TPSA) is 51.4 Å². The highest BCUT2D eigenvalue weighted by Crippen LogP contribution is 2.34. The third kappa shape index (κ3) is 5.07. The molecule has 0 saturated carbocycles. The molecule has 1 saturated heterocycles. The number of halogens is 1. The Labute approximate surface area is 209 Å². The van der Waals surface area contributed by atoms with Gasteiger partial charge in [-0.3, -0.25) is 4.79 Å². The molecule has 3 heterocycles. The molecule has 2 aromatic carbocycles. The van der Waals surface area contributed by atoms with Gasteiger partial charge in [0, 0.05) is 49.3 Å². The summed E-state index contributed by atoms with van der Waals surface area (Å²) >= 11 is 1.26. The predicted molar refractivity (Wildman–Crippen MR) is 144 cm³/mol. The minimum atomic E-state index is -0.211. The van der Waals surface area contributed by atoms with Gasteiger partial charge in [0.1, 0.15) is 0 Å². The lowest BCUT2D eigenvalue weighted by Gasteiger charge is -2.34. The number of hydrogen-bond donors (Lipinski definition) is 2. The number of H-pyrrole nitrogens is 1. The summed E-state index contributed by atoms with van der Waals surface area (Å²) in [5.41, 5.74) is 2.96. The fourth-order valence-electron chi connectivity index (χ4n) is 4.96. The second kappa shape index (κ2) is 10.4. The van der Waals surface area contributed by atoms with Crippen molar-refractivity contribution in [3.8, 4) is 0 Å². The number of anilines is 1. The van der Waals surface area contributed by atoms with Gasteiger partial charge >= 0.3 is 0 Å². The van der Waals surface area contributed by atoms with Gasteiger partial charge in [-0.25, -0.2) is 4.39 Å². The molecule has 5 rings (SSSR count). The number of unbranched alkanes of at least 4 members (excludes halogenated alkanes) is 1. The zero-order valence-corrected chi connectivity index (χ0v) is 21.3. The molecule has 1 fully saturated rings. The lowest BCUT2D eigenvalue weighted by molar-refractivity contribution is 0.0938. The first-order valence-electron chi connectivity index (χ1n) is 12.5. The smallest absolute Gasteiger partial charge is 0.261 e. The number of hydrogen-bond acceptors (Lipinski definition) is 4. The number of thiophene rings is 1. The maximum Gasteiger partial charge on any atom is 0.261 e. The first-order chi connectivity index (χ1) is 17.0. The van der Waals surface area contributed by atoms with Gasteiger partial charge in [-0.15, -0.1) is 11.3 Å². The Kier molecular flexibility index (Phi) is 7.07. The Balaban J connectivity index is 1.35. The van der Waals surface area contributed by atoms with E-state index in [0.29, 0.717) is 15.3 Å². The fourth-order valence-corrected chi connectivity index (χ4v) is 5.96. The molecule has 0 bridgehead atoms. The van der Waals surface area contributed by atoms with E-state index >= 15 is 4.39 Å². The van der Waals surface area contributed by atoms with Crippen LogP contribution in [0.2, 0.25) is 0 Å². The van der Waals surface area contributed by atoms with Crippen molar-refractivity contribution < 1.29 is 9.18 Å². The number of fused-ring (bicyclic) bond motifs is 2. The Morgan fingerprint density at radius 2 is 1.97 bits per heavy atom. The Morgan fingerprint density at radius 3 is 2.77 bits per heavy atom. The molecule has 1 unspecified atom stereocenters. The van der Waals surface area contributed by atoms with Crippen molar-refractivity contribution >= 4 is 43.9 Å². The molecule has 1 aliphatic heterocycles. The van der Waals surface area contributed by atoms with Crippen molar-refractivity contribution in [1.29, 1.82) is 0 Å². The zero-order valence-electron chi connectivity index (χ0n) is 20.4. The van der Waals surface area contributed by atoms with E-state index in [9.17, 15) is 4.79 Å². The maximum absolute atomic E-state index is 15.5. The summed E-state index contributed by atoms with van der Waals surface area (Å²) in [6.07, 6.45) is 5.84. The first kappa shape index (κ1) is 23.8. The van der Waals surface area contributed by atoms with Crippen LogP contribution in [0, 0.1) is 5.82 Å². The summed E-state index contributed by atoms with van der Waals surface area (Å²) in [5, 5.41) is 5.24. The number of para-hydroxylation sites is 1. The van der Waals surface area contributed by atoms with Gasteiger partial charge in [-0.2, -0.15) is 0 Å². The molecule has 35 heavy (non-hydrogen) atoms. The van der Waals surface area contributed by atoms with Crippen LogP contribution in [-0.2, 0) is 6.42 Å². The van der Waals surface area contributed by atoms with E-state index in [2.05, 4.69) is 46.2 Å².